The van der Waals surface area contributed by atoms with Crippen LogP contribution in [-0.2, 0) is 17.9 Å². The summed E-state index contributed by atoms with van der Waals surface area (Å²) in [5.41, 5.74) is 1.48. The number of nitrogens with zero attached hydrogens (tertiary/aromatic N) is 1. The first-order valence-corrected chi connectivity index (χ1v) is 9.42. The minimum absolute atomic E-state index is 0.0324. The van der Waals surface area contributed by atoms with Gasteiger partial charge in [-0.3, -0.25) is 4.79 Å². The van der Waals surface area contributed by atoms with E-state index in [1.165, 1.54) is 18.2 Å². The average molecular weight is 392 g/mol. The maximum atomic E-state index is 13.2. The van der Waals surface area contributed by atoms with Crippen molar-refractivity contribution in [3.63, 3.8) is 0 Å². The number of hydrogen-bond acceptors (Lipinski definition) is 4. The molecule has 0 atom stereocenters. The Labute approximate surface area is 166 Å². The van der Waals surface area contributed by atoms with Crippen molar-refractivity contribution in [3.8, 4) is 11.8 Å². The molecule has 1 N–H and O–H groups in total. The predicted molar refractivity (Wildman–Crippen MR) is 107 cm³/mol. The number of amides is 1. The predicted octanol–water partition coefficient (Wildman–Crippen LogP) is 4.69. The van der Waals surface area contributed by atoms with Gasteiger partial charge in [0.05, 0.1) is 6.54 Å². The molecule has 0 aliphatic carbocycles. The van der Waals surface area contributed by atoms with E-state index >= 15 is 0 Å². The summed E-state index contributed by atoms with van der Waals surface area (Å²) in [5, 5.41) is 13.9. The topological polar surface area (TPSA) is 62.1 Å². The van der Waals surface area contributed by atoms with E-state index in [9.17, 15) is 14.4 Å². The van der Waals surface area contributed by atoms with E-state index in [2.05, 4.69) is 5.32 Å². The van der Waals surface area contributed by atoms with Gasteiger partial charge >= 0.3 is 0 Å². The van der Waals surface area contributed by atoms with Crippen molar-refractivity contribution in [2.75, 3.05) is 0 Å². The van der Waals surface area contributed by atoms with Gasteiger partial charge in [-0.05, 0) is 52.9 Å². The Bertz CT molecular complexity index is 1010. The molecule has 4 nitrogen and oxygen atoms in total. The minimum Gasteiger partial charge on any atom is -0.489 e. The third-order valence-electron chi connectivity index (χ3n) is 3.85. The second-order valence-corrected chi connectivity index (χ2v) is 6.95. The number of rotatable bonds is 7. The standard InChI is InChI=1S/C22H17FN2O2S/c23-19-4-1-3-17(12-19)15-27-20-8-6-16(7-9-20)11-18(13-24)22(26)25-14-21-5-2-10-28-21/h1-12H,14-15H2,(H,25,26)/b18-11+. The molecular weight excluding hydrogens is 375 g/mol. The highest BCUT2D eigenvalue weighted by molar-refractivity contribution is 7.09. The van der Waals surface area contributed by atoms with E-state index in [1.54, 1.807) is 47.7 Å². The molecule has 6 heteroatoms. The minimum atomic E-state index is -0.415. The van der Waals surface area contributed by atoms with Gasteiger partial charge in [0, 0.05) is 4.88 Å². The fourth-order valence-corrected chi connectivity index (χ4v) is 3.09. The first-order valence-electron chi connectivity index (χ1n) is 8.54. The van der Waals surface area contributed by atoms with E-state index in [1.807, 2.05) is 23.6 Å². The summed E-state index contributed by atoms with van der Waals surface area (Å²) in [4.78, 5) is 13.2. The molecule has 1 amide bonds. The van der Waals surface area contributed by atoms with E-state index < -0.39 is 5.91 Å². The van der Waals surface area contributed by atoms with Crippen LogP contribution in [0.4, 0.5) is 4.39 Å². The first kappa shape index (κ1) is 19.3. The summed E-state index contributed by atoms with van der Waals surface area (Å²) in [6.07, 6.45) is 1.53. The second-order valence-electron chi connectivity index (χ2n) is 5.92. The van der Waals surface area contributed by atoms with Crippen molar-refractivity contribution < 1.29 is 13.9 Å². The molecule has 0 saturated heterocycles. The first-order chi connectivity index (χ1) is 13.6. The third-order valence-corrected chi connectivity index (χ3v) is 4.73. The Balaban J connectivity index is 1.59. The quantitative estimate of drug-likeness (QED) is 0.469. The molecule has 0 aliphatic rings. The van der Waals surface area contributed by atoms with Crippen LogP contribution in [0.2, 0.25) is 0 Å². The van der Waals surface area contributed by atoms with Crippen molar-refractivity contribution >= 4 is 23.3 Å². The highest BCUT2D eigenvalue weighted by Crippen LogP contribution is 2.17. The number of hydrogen-bond donors (Lipinski definition) is 1. The highest BCUT2D eigenvalue weighted by Gasteiger charge is 2.09. The number of nitriles is 1. The number of nitrogens with one attached hydrogen (secondary N) is 1. The smallest absolute Gasteiger partial charge is 0.262 e. The SMILES string of the molecule is N#C/C(=C\c1ccc(OCc2cccc(F)c2)cc1)C(=O)NCc1cccs1. The van der Waals surface area contributed by atoms with Crippen LogP contribution < -0.4 is 10.1 Å². The number of ether oxygens (including phenoxy) is 1. The molecular formula is C22H17FN2O2S. The van der Waals surface area contributed by atoms with Gasteiger partial charge in [0.2, 0.25) is 0 Å². The van der Waals surface area contributed by atoms with Gasteiger partial charge in [-0.15, -0.1) is 11.3 Å². The van der Waals surface area contributed by atoms with Crippen LogP contribution in [0.5, 0.6) is 5.75 Å². The monoisotopic (exact) mass is 392 g/mol. The molecule has 28 heavy (non-hydrogen) atoms. The summed E-state index contributed by atoms with van der Waals surface area (Å²) in [6.45, 7) is 0.643. The van der Waals surface area contributed by atoms with Crippen molar-refractivity contribution in [2.45, 2.75) is 13.2 Å². The van der Waals surface area contributed by atoms with Gasteiger partial charge < -0.3 is 10.1 Å². The van der Waals surface area contributed by atoms with Gasteiger partial charge in [-0.1, -0.05) is 30.3 Å². The number of carbonyl (C=O) groups excluding carboxylic acids is 1. The summed E-state index contributed by atoms with van der Waals surface area (Å²) in [5.74, 6) is -0.104. The summed E-state index contributed by atoms with van der Waals surface area (Å²) in [6, 6.07) is 19.0. The Morgan fingerprint density at radius 3 is 2.68 bits per heavy atom. The Morgan fingerprint density at radius 1 is 1.18 bits per heavy atom. The molecule has 0 saturated carbocycles. The van der Waals surface area contributed by atoms with Crippen LogP contribution in [-0.4, -0.2) is 5.91 Å². The lowest BCUT2D eigenvalue weighted by Gasteiger charge is -2.07. The van der Waals surface area contributed by atoms with E-state index in [-0.39, 0.29) is 18.0 Å². The molecule has 0 fully saturated rings. The van der Waals surface area contributed by atoms with Crippen LogP contribution >= 0.6 is 11.3 Å². The van der Waals surface area contributed by atoms with Crippen LogP contribution in [0.3, 0.4) is 0 Å². The molecule has 0 bridgehead atoms. The van der Waals surface area contributed by atoms with Crippen LogP contribution in [0.25, 0.3) is 6.08 Å². The Morgan fingerprint density at radius 2 is 2.00 bits per heavy atom. The lowest BCUT2D eigenvalue weighted by Crippen LogP contribution is -2.23. The van der Waals surface area contributed by atoms with Crippen molar-refractivity contribution in [2.24, 2.45) is 0 Å². The molecule has 3 rings (SSSR count). The molecule has 0 radical (unpaired) electrons. The molecule has 0 aliphatic heterocycles. The molecule has 0 unspecified atom stereocenters. The lowest BCUT2D eigenvalue weighted by atomic mass is 10.1. The van der Waals surface area contributed by atoms with Gasteiger partial charge in [0.25, 0.3) is 5.91 Å². The summed E-state index contributed by atoms with van der Waals surface area (Å²) < 4.78 is 18.8. The van der Waals surface area contributed by atoms with Gasteiger partial charge in [-0.2, -0.15) is 5.26 Å². The molecule has 1 aromatic heterocycles. The second kappa shape index (κ2) is 9.49. The molecule has 2 aromatic carbocycles. The lowest BCUT2D eigenvalue weighted by molar-refractivity contribution is -0.117. The number of halogens is 1. The molecule has 3 aromatic rings. The van der Waals surface area contributed by atoms with Gasteiger partial charge in [0.15, 0.2) is 0 Å². The van der Waals surface area contributed by atoms with Gasteiger partial charge in [0.1, 0.15) is 29.8 Å². The summed E-state index contributed by atoms with van der Waals surface area (Å²) >= 11 is 1.54. The van der Waals surface area contributed by atoms with Crippen LogP contribution in [0, 0.1) is 17.1 Å². The Kier molecular flexibility index (Phi) is 6.55. The van der Waals surface area contributed by atoms with Crippen LogP contribution in [0.1, 0.15) is 16.0 Å². The Hall–Kier alpha value is -3.43. The molecule has 0 spiro atoms. The van der Waals surface area contributed by atoms with E-state index in [0.717, 1.165) is 10.4 Å². The van der Waals surface area contributed by atoms with E-state index in [4.69, 9.17) is 4.74 Å². The normalized spacial score (nSPS) is 10.9. The summed E-state index contributed by atoms with van der Waals surface area (Å²) in [7, 11) is 0. The molecule has 1 heterocycles. The fourth-order valence-electron chi connectivity index (χ4n) is 2.44. The van der Waals surface area contributed by atoms with Crippen molar-refractivity contribution in [1.82, 2.24) is 5.32 Å². The zero-order chi connectivity index (χ0) is 19.8. The van der Waals surface area contributed by atoms with Crippen molar-refractivity contribution in [3.05, 3.63) is 93.4 Å². The number of thiophene rings is 1. The van der Waals surface area contributed by atoms with Gasteiger partial charge in [-0.25, -0.2) is 4.39 Å². The fraction of sp³-hybridized carbons (Fsp3) is 0.0909. The number of benzene rings is 2. The average Bonchev–Trinajstić information content (AvgIpc) is 3.23. The van der Waals surface area contributed by atoms with Crippen LogP contribution in [0.15, 0.2) is 71.6 Å². The maximum Gasteiger partial charge on any atom is 0.262 e. The number of carbonyl (C=O) groups is 1. The largest absolute Gasteiger partial charge is 0.489 e. The highest BCUT2D eigenvalue weighted by atomic mass is 32.1. The van der Waals surface area contributed by atoms with E-state index in [0.29, 0.717) is 17.9 Å². The third kappa shape index (κ3) is 5.53. The van der Waals surface area contributed by atoms with Crippen molar-refractivity contribution in [1.29, 1.82) is 5.26 Å². The zero-order valence-corrected chi connectivity index (χ0v) is 15.7. The zero-order valence-electron chi connectivity index (χ0n) is 14.9. The molecule has 140 valence electrons. The maximum absolute atomic E-state index is 13.2.